The van der Waals surface area contributed by atoms with E-state index in [1.165, 1.54) is 23.0 Å². The summed E-state index contributed by atoms with van der Waals surface area (Å²) >= 11 is 9.09. The molecule has 9 heteroatoms. The molecule has 1 fully saturated rings. The van der Waals surface area contributed by atoms with E-state index < -0.39 is 11.9 Å². The van der Waals surface area contributed by atoms with Crippen LogP contribution in [0.15, 0.2) is 76.9 Å². The van der Waals surface area contributed by atoms with Gasteiger partial charge < -0.3 is 14.4 Å². The Kier molecular flexibility index (Phi) is 8.35. The molecular weight excluding hydrogens is 559 g/mol. The average molecular weight is 583 g/mol. The minimum absolute atomic E-state index is 0.00137. The van der Waals surface area contributed by atoms with Crippen LogP contribution < -0.4 is 9.64 Å². The number of benzene rings is 3. The molecule has 0 radical (unpaired) electrons. The number of carbonyl (C=O) groups excluding carboxylic acids is 2. The van der Waals surface area contributed by atoms with Gasteiger partial charge in [0.1, 0.15) is 30.4 Å². The van der Waals surface area contributed by atoms with Crippen LogP contribution in [-0.4, -0.2) is 35.5 Å². The van der Waals surface area contributed by atoms with E-state index in [1.54, 1.807) is 42.5 Å². The van der Waals surface area contributed by atoms with Crippen molar-refractivity contribution in [1.82, 2.24) is 4.90 Å². The molecule has 3 aromatic rings. The van der Waals surface area contributed by atoms with Gasteiger partial charge in [0.2, 0.25) is 0 Å². The smallest absolute Gasteiger partial charge is 0.325 e. The monoisotopic (exact) mass is 582 g/mol. The number of amides is 1. The number of thiocarbonyl (C=S) groups is 1. The van der Waals surface area contributed by atoms with Gasteiger partial charge in [0.05, 0.1) is 12.8 Å². The van der Waals surface area contributed by atoms with E-state index >= 15 is 0 Å². The summed E-state index contributed by atoms with van der Waals surface area (Å²) in [6.07, 6.45) is 2.47. The Hall–Kier alpha value is -3.56. The van der Waals surface area contributed by atoms with Crippen molar-refractivity contribution < 1.29 is 23.5 Å². The van der Waals surface area contributed by atoms with Gasteiger partial charge in [-0.25, -0.2) is 4.39 Å². The summed E-state index contributed by atoms with van der Waals surface area (Å²) in [5.74, 6) is -0.876. The van der Waals surface area contributed by atoms with E-state index in [0.29, 0.717) is 22.6 Å². The number of ether oxygens (including phenoxy) is 2. The third kappa shape index (κ3) is 5.89. The maximum Gasteiger partial charge on any atom is 0.325 e. The van der Waals surface area contributed by atoms with Gasteiger partial charge in [0.15, 0.2) is 5.11 Å². The van der Waals surface area contributed by atoms with Crippen LogP contribution in [0.2, 0.25) is 0 Å². The van der Waals surface area contributed by atoms with Crippen LogP contribution >= 0.6 is 28.1 Å². The van der Waals surface area contributed by atoms with E-state index in [4.69, 9.17) is 21.7 Å². The molecule has 1 saturated heterocycles. The quantitative estimate of drug-likeness (QED) is 0.188. The van der Waals surface area contributed by atoms with Gasteiger partial charge in [-0.3, -0.25) is 14.5 Å². The van der Waals surface area contributed by atoms with Gasteiger partial charge in [-0.1, -0.05) is 53.2 Å². The normalized spacial score (nSPS) is 14.4. The first kappa shape index (κ1) is 26.5. The van der Waals surface area contributed by atoms with Crippen molar-refractivity contribution in [2.75, 3.05) is 18.6 Å². The Morgan fingerprint density at radius 3 is 2.51 bits per heavy atom. The molecule has 190 valence electrons. The van der Waals surface area contributed by atoms with Crippen molar-refractivity contribution in [3.8, 4) is 5.75 Å². The van der Waals surface area contributed by atoms with Crippen LogP contribution in [0.4, 0.5) is 10.1 Å². The molecule has 1 aliphatic rings. The lowest BCUT2D eigenvalue weighted by molar-refractivity contribution is -0.140. The van der Waals surface area contributed by atoms with Gasteiger partial charge in [0.25, 0.3) is 5.91 Å². The molecule has 0 N–H and O–H groups in total. The lowest BCUT2D eigenvalue weighted by Gasteiger charge is -2.19. The first-order valence-corrected chi connectivity index (χ1v) is 12.7. The summed E-state index contributed by atoms with van der Waals surface area (Å²) in [6, 6.07) is 19.1. The van der Waals surface area contributed by atoms with Gasteiger partial charge >= 0.3 is 5.97 Å². The number of hydrogen-bond donors (Lipinski definition) is 0. The van der Waals surface area contributed by atoms with E-state index in [-0.39, 0.29) is 29.8 Å². The van der Waals surface area contributed by atoms with E-state index in [9.17, 15) is 14.0 Å². The third-order valence-corrected chi connectivity index (χ3v) is 6.75. The summed E-state index contributed by atoms with van der Waals surface area (Å²) in [6.45, 7) is 1.80. The minimum Gasteiger partial charge on any atom is -0.488 e. The van der Waals surface area contributed by atoms with Crippen molar-refractivity contribution in [3.63, 3.8) is 0 Å². The number of rotatable bonds is 8. The standard InChI is InChI=1S/C28H24BrFN2O4S/c1-3-18-8-11-22(12-9-18)32-27(34)24(31(28(32)37)16-26(33)35-2)15-20-14-21(29)10-13-25(20)36-17-19-6-4-5-7-23(19)30/h4-15H,3,16-17H2,1-2H3/b24-15-. The molecule has 0 bridgehead atoms. The lowest BCUT2D eigenvalue weighted by Crippen LogP contribution is -2.35. The second-order valence-corrected chi connectivity index (χ2v) is 9.48. The fourth-order valence-corrected chi connectivity index (χ4v) is 4.55. The summed E-state index contributed by atoms with van der Waals surface area (Å²) in [5.41, 5.74) is 2.85. The number of hydrogen-bond acceptors (Lipinski definition) is 5. The van der Waals surface area contributed by atoms with E-state index in [2.05, 4.69) is 15.9 Å². The second-order valence-electron chi connectivity index (χ2n) is 8.20. The van der Waals surface area contributed by atoms with E-state index in [1.807, 2.05) is 31.2 Å². The van der Waals surface area contributed by atoms with Crippen LogP contribution in [0, 0.1) is 5.82 Å². The maximum atomic E-state index is 14.1. The number of nitrogens with zero attached hydrogens (tertiary/aromatic N) is 2. The number of anilines is 1. The van der Waals surface area contributed by atoms with Crippen LogP contribution in [0.3, 0.4) is 0 Å². The zero-order valence-corrected chi connectivity index (χ0v) is 22.6. The summed E-state index contributed by atoms with van der Waals surface area (Å²) < 4.78 is 25.6. The van der Waals surface area contributed by atoms with Crippen molar-refractivity contribution >= 4 is 56.9 Å². The Labute approximate surface area is 228 Å². The minimum atomic E-state index is -0.547. The maximum absolute atomic E-state index is 14.1. The number of esters is 1. The molecule has 0 unspecified atom stereocenters. The summed E-state index contributed by atoms with van der Waals surface area (Å²) in [4.78, 5) is 28.7. The first-order valence-electron chi connectivity index (χ1n) is 11.5. The molecule has 0 aliphatic carbocycles. The molecule has 1 amide bonds. The Morgan fingerprint density at radius 1 is 1.11 bits per heavy atom. The van der Waals surface area contributed by atoms with Crippen LogP contribution in [0.25, 0.3) is 6.08 Å². The molecule has 6 nitrogen and oxygen atoms in total. The number of halogens is 2. The largest absolute Gasteiger partial charge is 0.488 e. The highest BCUT2D eigenvalue weighted by Gasteiger charge is 2.40. The van der Waals surface area contributed by atoms with Crippen molar-refractivity contribution in [3.05, 3.63) is 99.4 Å². The highest BCUT2D eigenvalue weighted by molar-refractivity contribution is 9.10. The highest BCUT2D eigenvalue weighted by atomic mass is 79.9. The molecule has 0 atom stereocenters. The SMILES string of the molecule is CCc1ccc(N2C(=O)/C(=C/c3cc(Br)ccc3OCc3ccccc3F)N(CC(=O)OC)C2=S)cc1. The molecule has 4 rings (SSSR count). The van der Waals surface area contributed by atoms with Gasteiger partial charge in [0, 0.05) is 15.6 Å². The molecular formula is C28H24BrFN2O4S. The molecule has 1 heterocycles. The van der Waals surface area contributed by atoms with Gasteiger partial charge in [-0.15, -0.1) is 0 Å². The summed E-state index contributed by atoms with van der Waals surface area (Å²) in [5, 5.41) is 0.162. The molecule has 37 heavy (non-hydrogen) atoms. The molecule has 0 aromatic heterocycles. The summed E-state index contributed by atoms with van der Waals surface area (Å²) in [7, 11) is 1.27. The number of carbonyl (C=O) groups is 2. The highest BCUT2D eigenvalue weighted by Crippen LogP contribution is 2.33. The fraction of sp³-hybridized carbons (Fsp3) is 0.179. The lowest BCUT2D eigenvalue weighted by atomic mass is 10.1. The predicted molar refractivity (Wildman–Crippen MR) is 147 cm³/mol. The third-order valence-electron chi connectivity index (χ3n) is 5.86. The second kappa shape index (κ2) is 11.7. The number of methoxy groups -OCH3 is 1. The topological polar surface area (TPSA) is 59.1 Å². The Balaban J connectivity index is 1.72. The van der Waals surface area contributed by atoms with Gasteiger partial charge in [-0.2, -0.15) is 0 Å². The van der Waals surface area contributed by atoms with Crippen LogP contribution in [0.1, 0.15) is 23.6 Å². The molecule has 3 aromatic carbocycles. The van der Waals surface area contributed by atoms with E-state index in [0.717, 1.165) is 16.5 Å². The Bertz CT molecular complexity index is 1380. The zero-order valence-electron chi connectivity index (χ0n) is 20.2. The first-order chi connectivity index (χ1) is 17.8. The van der Waals surface area contributed by atoms with Crippen molar-refractivity contribution in [1.29, 1.82) is 0 Å². The average Bonchev–Trinajstić information content (AvgIpc) is 3.12. The van der Waals surface area contributed by atoms with Crippen molar-refractivity contribution in [2.45, 2.75) is 20.0 Å². The van der Waals surface area contributed by atoms with Crippen molar-refractivity contribution in [2.24, 2.45) is 0 Å². The Morgan fingerprint density at radius 2 is 1.84 bits per heavy atom. The molecule has 1 aliphatic heterocycles. The molecule has 0 spiro atoms. The molecule has 0 saturated carbocycles. The number of aryl methyl sites for hydroxylation is 1. The van der Waals surface area contributed by atoms with Crippen LogP contribution in [-0.2, 0) is 27.4 Å². The van der Waals surface area contributed by atoms with Gasteiger partial charge in [-0.05, 0) is 66.7 Å². The van der Waals surface area contributed by atoms with Crippen LogP contribution in [0.5, 0.6) is 5.75 Å². The fourth-order valence-electron chi connectivity index (χ4n) is 3.82. The zero-order chi connectivity index (χ0) is 26.5. The predicted octanol–water partition coefficient (Wildman–Crippen LogP) is 5.88.